The van der Waals surface area contributed by atoms with Gasteiger partial charge in [0.25, 0.3) is 0 Å². The molecule has 2 aliphatic heterocycles. The first kappa shape index (κ1) is 30.4. The lowest BCUT2D eigenvalue weighted by molar-refractivity contribution is -0.277. The molecule has 0 aromatic heterocycles. The van der Waals surface area contributed by atoms with Crippen molar-refractivity contribution in [2.75, 3.05) is 6.61 Å². The van der Waals surface area contributed by atoms with Crippen molar-refractivity contribution in [3.8, 4) is 0 Å². The van der Waals surface area contributed by atoms with Crippen LogP contribution in [0.3, 0.4) is 0 Å². The topological polar surface area (TPSA) is 63.2 Å². The highest BCUT2D eigenvalue weighted by molar-refractivity contribution is 5.81. The van der Waals surface area contributed by atoms with E-state index in [1.165, 1.54) is 38.2 Å². The average molecular weight is 551 g/mol. The molecular formula is C34H46O6. The Kier molecular flexibility index (Phi) is 12.7. The SMILES string of the molecule is CCCCCCC[C@@H]1C[C@H](C[C@@H]2C[C@H](C/C=C\C(=O)OCC)O[C@H](c3ccccc3)O2)O[C@H](c2ccccc2)O1. The second kappa shape index (κ2) is 16.7. The predicted molar refractivity (Wildman–Crippen MR) is 155 cm³/mol. The Balaban J connectivity index is 1.43. The molecule has 0 amide bonds. The van der Waals surface area contributed by atoms with Gasteiger partial charge in [-0.15, -0.1) is 0 Å². The number of unbranched alkanes of at least 4 members (excludes halogenated alkanes) is 4. The fraction of sp³-hybridized carbons (Fsp3) is 0.559. The van der Waals surface area contributed by atoms with Crippen LogP contribution in [0.4, 0.5) is 0 Å². The first-order valence-electron chi connectivity index (χ1n) is 15.2. The van der Waals surface area contributed by atoms with Gasteiger partial charge in [-0.3, -0.25) is 0 Å². The molecule has 4 rings (SSSR count). The van der Waals surface area contributed by atoms with E-state index < -0.39 is 6.29 Å². The zero-order valence-corrected chi connectivity index (χ0v) is 24.1. The molecule has 40 heavy (non-hydrogen) atoms. The minimum Gasteiger partial charge on any atom is -0.463 e. The number of hydrogen-bond acceptors (Lipinski definition) is 6. The Morgan fingerprint density at radius 3 is 1.90 bits per heavy atom. The Hall–Kier alpha value is -2.51. The van der Waals surface area contributed by atoms with E-state index in [4.69, 9.17) is 23.7 Å². The normalized spacial score (nSPS) is 27.1. The molecule has 6 atom stereocenters. The highest BCUT2D eigenvalue weighted by Gasteiger charge is 2.36. The van der Waals surface area contributed by atoms with Crippen molar-refractivity contribution < 1.29 is 28.5 Å². The molecule has 6 heteroatoms. The summed E-state index contributed by atoms with van der Waals surface area (Å²) in [4.78, 5) is 11.8. The van der Waals surface area contributed by atoms with Crippen LogP contribution in [-0.4, -0.2) is 37.0 Å². The lowest BCUT2D eigenvalue weighted by Gasteiger charge is -2.40. The lowest BCUT2D eigenvalue weighted by Crippen LogP contribution is -2.40. The molecule has 0 N–H and O–H groups in total. The second-order valence-corrected chi connectivity index (χ2v) is 10.8. The molecule has 2 fully saturated rings. The average Bonchev–Trinajstić information content (AvgIpc) is 2.98. The van der Waals surface area contributed by atoms with Crippen molar-refractivity contribution in [1.82, 2.24) is 0 Å². The van der Waals surface area contributed by atoms with Gasteiger partial charge in [0.05, 0.1) is 31.0 Å². The van der Waals surface area contributed by atoms with E-state index in [1.807, 2.05) is 54.6 Å². The number of hydrogen-bond donors (Lipinski definition) is 0. The van der Waals surface area contributed by atoms with E-state index >= 15 is 0 Å². The highest BCUT2D eigenvalue weighted by atomic mass is 16.7. The van der Waals surface area contributed by atoms with Crippen molar-refractivity contribution in [3.05, 3.63) is 83.9 Å². The summed E-state index contributed by atoms with van der Waals surface area (Å²) in [6, 6.07) is 20.3. The summed E-state index contributed by atoms with van der Waals surface area (Å²) in [5.74, 6) is -0.325. The Morgan fingerprint density at radius 1 is 0.750 bits per heavy atom. The molecule has 2 aromatic rings. The maximum Gasteiger partial charge on any atom is 0.330 e. The number of carbonyl (C=O) groups excluding carboxylic acids is 1. The van der Waals surface area contributed by atoms with Crippen LogP contribution >= 0.6 is 0 Å². The van der Waals surface area contributed by atoms with Gasteiger partial charge in [0, 0.05) is 36.5 Å². The van der Waals surface area contributed by atoms with Crippen LogP contribution in [0, 0.1) is 0 Å². The van der Waals surface area contributed by atoms with E-state index in [9.17, 15) is 4.79 Å². The number of benzene rings is 2. The Morgan fingerprint density at radius 2 is 1.30 bits per heavy atom. The number of esters is 1. The number of carbonyl (C=O) groups is 1. The van der Waals surface area contributed by atoms with Crippen molar-refractivity contribution in [2.45, 2.75) is 115 Å². The summed E-state index contributed by atoms with van der Waals surface area (Å²) in [7, 11) is 0. The van der Waals surface area contributed by atoms with Gasteiger partial charge in [-0.2, -0.15) is 0 Å². The summed E-state index contributed by atoms with van der Waals surface area (Å²) in [6.45, 7) is 4.42. The predicted octanol–water partition coefficient (Wildman–Crippen LogP) is 7.99. The van der Waals surface area contributed by atoms with Crippen LogP contribution in [0.5, 0.6) is 0 Å². The Labute approximate surface area is 240 Å². The third kappa shape index (κ3) is 9.84. The highest BCUT2D eigenvalue weighted by Crippen LogP contribution is 2.38. The standard InChI is InChI=1S/C34H46O6/c1-3-5-6-7-14-20-28-23-30(39-33(37-28)26-16-10-8-11-17-26)25-31-24-29(21-15-22-32(35)36-4-2)38-34(40-31)27-18-12-9-13-19-27/h8-13,15-19,22,28-31,33-34H,3-7,14,20-21,23-25H2,1-2H3/b22-15-/t28-,29+,30-,31+,33-,34+/m1/s1. The fourth-order valence-corrected chi connectivity index (χ4v) is 5.52. The third-order valence-electron chi connectivity index (χ3n) is 7.55. The first-order chi connectivity index (χ1) is 19.6. The number of rotatable bonds is 14. The molecule has 2 saturated heterocycles. The minimum atomic E-state index is -0.458. The molecule has 0 unspecified atom stereocenters. The zero-order chi connectivity index (χ0) is 28.0. The van der Waals surface area contributed by atoms with Gasteiger partial charge in [0.15, 0.2) is 12.6 Å². The molecular weight excluding hydrogens is 504 g/mol. The van der Waals surface area contributed by atoms with Crippen LogP contribution < -0.4 is 0 Å². The molecule has 2 aliphatic rings. The van der Waals surface area contributed by atoms with E-state index in [-0.39, 0.29) is 36.7 Å². The molecule has 0 aliphatic carbocycles. The first-order valence-corrected chi connectivity index (χ1v) is 15.2. The molecule has 6 nitrogen and oxygen atoms in total. The lowest BCUT2D eigenvalue weighted by atomic mass is 9.95. The molecule has 2 heterocycles. The summed E-state index contributed by atoms with van der Waals surface area (Å²) in [5.41, 5.74) is 2.05. The second-order valence-electron chi connectivity index (χ2n) is 10.8. The zero-order valence-electron chi connectivity index (χ0n) is 24.1. The van der Waals surface area contributed by atoms with Crippen LogP contribution in [0.15, 0.2) is 72.8 Å². The van der Waals surface area contributed by atoms with Gasteiger partial charge < -0.3 is 23.7 Å². The summed E-state index contributed by atoms with van der Waals surface area (Å²) >= 11 is 0. The van der Waals surface area contributed by atoms with Crippen LogP contribution in [-0.2, 0) is 28.5 Å². The van der Waals surface area contributed by atoms with Gasteiger partial charge in [0.1, 0.15) is 0 Å². The Bertz CT molecular complexity index is 1010. The summed E-state index contributed by atoms with van der Waals surface area (Å²) < 4.78 is 30.9. The van der Waals surface area contributed by atoms with Gasteiger partial charge >= 0.3 is 5.97 Å². The molecule has 218 valence electrons. The molecule has 0 spiro atoms. The maximum absolute atomic E-state index is 11.8. The summed E-state index contributed by atoms with van der Waals surface area (Å²) in [6.07, 6.45) is 12.9. The van der Waals surface area contributed by atoms with E-state index in [1.54, 1.807) is 6.92 Å². The fourth-order valence-electron chi connectivity index (χ4n) is 5.52. The van der Waals surface area contributed by atoms with Crippen molar-refractivity contribution in [3.63, 3.8) is 0 Å². The molecule has 2 aromatic carbocycles. The largest absolute Gasteiger partial charge is 0.463 e. The molecule has 0 saturated carbocycles. The summed E-state index contributed by atoms with van der Waals surface area (Å²) in [5, 5.41) is 0. The smallest absolute Gasteiger partial charge is 0.330 e. The van der Waals surface area contributed by atoms with Crippen LogP contribution in [0.25, 0.3) is 0 Å². The minimum absolute atomic E-state index is 0.0230. The van der Waals surface area contributed by atoms with Crippen molar-refractivity contribution in [1.29, 1.82) is 0 Å². The van der Waals surface area contributed by atoms with Gasteiger partial charge in [-0.25, -0.2) is 4.79 Å². The van der Waals surface area contributed by atoms with Gasteiger partial charge in [-0.05, 0) is 19.8 Å². The monoisotopic (exact) mass is 550 g/mol. The molecule has 0 bridgehead atoms. The third-order valence-corrected chi connectivity index (χ3v) is 7.55. The van der Waals surface area contributed by atoms with Crippen LogP contribution in [0.1, 0.15) is 102 Å². The van der Waals surface area contributed by atoms with Crippen LogP contribution in [0.2, 0.25) is 0 Å². The van der Waals surface area contributed by atoms with E-state index in [0.717, 1.165) is 36.8 Å². The van der Waals surface area contributed by atoms with E-state index in [0.29, 0.717) is 13.0 Å². The quantitative estimate of drug-likeness (QED) is 0.135. The van der Waals surface area contributed by atoms with Gasteiger partial charge in [-0.1, -0.05) is 106 Å². The van der Waals surface area contributed by atoms with Crippen molar-refractivity contribution in [2.24, 2.45) is 0 Å². The molecule has 0 radical (unpaired) electrons. The van der Waals surface area contributed by atoms with Gasteiger partial charge in [0.2, 0.25) is 0 Å². The van der Waals surface area contributed by atoms with Crippen molar-refractivity contribution >= 4 is 5.97 Å². The van der Waals surface area contributed by atoms with E-state index in [2.05, 4.69) is 19.1 Å². The maximum atomic E-state index is 11.8. The number of ether oxygens (including phenoxy) is 5.